The number of carbonyl (C=O) groups excluding carboxylic acids is 1. The van der Waals surface area contributed by atoms with Crippen LogP contribution in [0.3, 0.4) is 0 Å². The summed E-state index contributed by atoms with van der Waals surface area (Å²) in [5, 5.41) is 3.41. The van der Waals surface area contributed by atoms with Crippen LogP contribution in [0, 0.1) is 17.6 Å². The molecular formula is C26H24F2N4O. The summed E-state index contributed by atoms with van der Waals surface area (Å²) < 4.78 is 27.8. The fourth-order valence-electron chi connectivity index (χ4n) is 3.83. The smallest absolute Gasteiger partial charge is 0.226 e. The Morgan fingerprint density at radius 1 is 1.18 bits per heavy atom. The van der Waals surface area contributed by atoms with Crippen molar-refractivity contribution in [1.29, 1.82) is 0 Å². The minimum atomic E-state index is -0.639. The predicted molar refractivity (Wildman–Crippen MR) is 128 cm³/mol. The molecule has 0 bridgehead atoms. The fourth-order valence-corrected chi connectivity index (χ4v) is 3.83. The maximum absolute atomic E-state index is 14.4. The molecule has 2 heterocycles. The van der Waals surface area contributed by atoms with Gasteiger partial charge in [-0.25, -0.2) is 18.7 Å². The van der Waals surface area contributed by atoms with Gasteiger partial charge in [-0.15, -0.1) is 0 Å². The molecule has 0 spiro atoms. The Bertz CT molecular complexity index is 1290. The Labute approximate surface area is 191 Å². The van der Waals surface area contributed by atoms with Gasteiger partial charge in [0.05, 0.1) is 11.4 Å². The lowest BCUT2D eigenvalue weighted by Crippen LogP contribution is -2.53. The molecule has 7 heteroatoms. The highest BCUT2D eigenvalue weighted by Crippen LogP contribution is 2.34. The molecule has 4 rings (SSSR count). The molecule has 3 aromatic rings. The molecule has 0 saturated carbocycles. The number of fused-ring (bicyclic) bond motifs is 1. The molecule has 5 nitrogen and oxygen atoms in total. The van der Waals surface area contributed by atoms with E-state index in [0.717, 1.165) is 17.0 Å². The van der Waals surface area contributed by atoms with Gasteiger partial charge >= 0.3 is 0 Å². The lowest BCUT2D eigenvalue weighted by atomic mass is 9.97. The SMILES string of the molecule is C=C/C(=C\C=C/C)c1nc(N2CC(C(=O)NC)C2)c2cc(-c3ccc(F)cc3F)ccc2n1. The first kappa shape index (κ1) is 22.3. The van der Waals surface area contributed by atoms with Crippen LogP contribution in [0.2, 0.25) is 0 Å². The van der Waals surface area contributed by atoms with E-state index in [1.165, 1.54) is 12.1 Å². The molecule has 33 heavy (non-hydrogen) atoms. The second kappa shape index (κ2) is 9.32. The standard InChI is InChI=1S/C26H24F2N4O/c1-4-6-7-16(5-2)24-30-23-11-8-17(20-10-9-19(27)13-22(20)28)12-21(23)25(31-24)32-14-18(15-32)26(33)29-3/h4-13,18H,2,14-15H2,1,3H3,(H,29,33)/b6-4-,16-7+. The van der Waals surface area contributed by atoms with E-state index < -0.39 is 11.6 Å². The Balaban J connectivity index is 1.85. The third kappa shape index (κ3) is 4.39. The number of nitrogens with zero attached hydrogens (tertiary/aromatic N) is 3. The third-order valence-electron chi connectivity index (χ3n) is 5.66. The number of anilines is 1. The van der Waals surface area contributed by atoms with Crippen molar-refractivity contribution in [2.75, 3.05) is 25.0 Å². The highest BCUT2D eigenvalue weighted by molar-refractivity contribution is 5.95. The summed E-state index contributed by atoms with van der Waals surface area (Å²) in [5.41, 5.74) is 2.32. The van der Waals surface area contributed by atoms with Crippen LogP contribution in [-0.2, 0) is 4.79 Å². The van der Waals surface area contributed by atoms with Crippen molar-refractivity contribution >= 4 is 28.2 Å². The highest BCUT2D eigenvalue weighted by atomic mass is 19.1. The summed E-state index contributed by atoms with van der Waals surface area (Å²) in [6.07, 6.45) is 7.36. The molecular weight excluding hydrogens is 422 g/mol. The first-order chi connectivity index (χ1) is 15.9. The van der Waals surface area contributed by atoms with E-state index in [4.69, 9.17) is 9.97 Å². The second-order valence-electron chi connectivity index (χ2n) is 7.79. The summed E-state index contributed by atoms with van der Waals surface area (Å²) >= 11 is 0. The Hall–Kier alpha value is -3.87. The number of amides is 1. The summed E-state index contributed by atoms with van der Waals surface area (Å²) in [6, 6.07) is 8.88. The first-order valence-electron chi connectivity index (χ1n) is 10.6. The number of benzene rings is 2. The van der Waals surface area contributed by atoms with Crippen molar-refractivity contribution < 1.29 is 13.6 Å². The number of allylic oxidation sites excluding steroid dienone is 5. The van der Waals surface area contributed by atoms with E-state index in [1.54, 1.807) is 31.3 Å². The van der Waals surface area contributed by atoms with Crippen LogP contribution in [0.5, 0.6) is 0 Å². The molecule has 0 aliphatic carbocycles. The minimum Gasteiger partial charge on any atom is -0.359 e. The van der Waals surface area contributed by atoms with Gasteiger partial charge < -0.3 is 10.2 Å². The van der Waals surface area contributed by atoms with Gasteiger partial charge in [0.2, 0.25) is 5.91 Å². The molecule has 168 valence electrons. The normalized spacial score (nSPS) is 14.5. The lowest BCUT2D eigenvalue weighted by molar-refractivity contribution is -0.125. The van der Waals surface area contributed by atoms with Crippen molar-refractivity contribution in [2.24, 2.45) is 5.92 Å². The van der Waals surface area contributed by atoms with Crippen LogP contribution < -0.4 is 10.2 Å². The lowest BCUT2D eigenvalue weighted by Gasteiger charge is -2.39. The number of halogens is 2. The van der Waals surface area contributed by atoms with Crippen LogP contribution in [0.1, 0.15) is 12.7 Å². The van der Waals surface area contributed by atoms with Crippen LogP contribution in [0.15, 0.2) is 67.3 Å². The van der Waals surface area contributed by atoms with Gasteiger partial charge in [0.25, 0.3) is 0 Å². The summed E-state index contributed by atoms with van der Waals surface area (Å²) in [5.74, 6) is -0.239. The van der Waals surface area contributed by atoms with Gasteiger partial charge in [-0.2, -0.15) is 0 Å². The second-order valence-corrected chi connectivity index (χ2v) is 7.79. The summed E-state index contributed by atoms with van der Waals surface area (Å²) in [4.78, 5) is 23.5. The Morgan fingerprint density at radius 3 is 2.64 bits per heavy atom. The highest BCUT2D eigenvalue weighted by Gasteiger charge is 2.34. The van der Waals surface area contributed by atoms with Gasteiger partial charge in [-0.05, 0) is 36.8 Å². The van der Waals surface area contributed by atoms with Gasteiger partial charge in [0, 0.05) is 42.7 Å². The van der Waals surface area contributed by atoms with E-state index in [1.807, 2.05) is 30.1 Å². The summed E-state index contributed by atoms with van der Waals surface area (Å²) in [7, 11) is 1.62. The van der Waals surface area contributed by atoms with Crippen LogP contribution in [0.4, 0.5) is 14.6 Å². The average molecular weight is 447 g/mol. The quantitative estimate of drug-likeness (QED) is 0.547. The van der Waals surface area contributed by atoms with Gasteiger partial charge in [-0.3, -0.25) is 4.79 Å². The zero-order chi connectivity index (χ0) is 23.5. The first-order valence-corrected chi connectivity index (χ1v) is 10.6. The van der Waals surface area contributed by atoms with E-state index >= 15 is 0 Å². The number of nitrogens with one attached hydrogen (secondary N) is 1. The molecule has 1 aromatic heterocycles. The third-order valence-corrected chi connectivity index (χ3v) is 5.66. The van der Waals surface area contributed by atoms with E-state index in [2.05, 4.69) is 11.9 Å². The molecule has 1 amide bonds. The number of carbonyl (C=O) groups is 1. The number of rotatable bonds is 6. The van der Waals surface area contributed by atoms with Crippen molar-refractivity contribution in [3.05, 3.63) is 84.7 Å². The average Bonchev–Trinajstić information content (AvgIpc) is 2.78. The van der Waals surface area contributed by atoms with Crippen LogP contribution in [-0.4, -0.2) is 36.0 Å². The molecule has 0 radical (unpaired) electrons. The predicted octanol–water partition coefficient (Wildman–Crippen LogP) is 4.90. The zero-order valence-electron chi connectivity index (χ0n) is 18.5. The maximum atomic E-state index is 14.4. The van der Waals surface area contributed by atoms with Crippen molar-refractivity contribution in [3.8, 4) is 11.1 Å². The molecule has 1 aliphatic rings. The van der Waals surface area contributed by atoms with Crippen molar-refractivity contribution in [1.82, 2.24) is 15.3 Å². The molecule has 1 fully saturated rings. The van der Waals surface area contributed by atoms with Gasteiger partial charge in [0.1, 0.15) is 17.5 Å². The van der Waals surface area contributed by atoms with E-state index in [0.29, 0.717) is 41.4 Å². The molecule has 1 aliphatic heterocycles. The van der Waals surface area contributed by atoms with E-state index in [9.17, 15) is 13.6 Å². The molecule has 0 atom stereocenters. The topological polar surface area (TPSA) is 58.1 Å². The van der Waals surface area contributed by atoms with Crippen molar-refractivity contribution in [3.63, 3.8) is 0 Å². The largest absolute Gasteiger partial charge is 0.359 e. The monoisotopic (exact) mass is 446 g/mol. The molecule has 2 aromatic carbocycles. The van der Waals surface area contributed by atoms with Gasteiger partial charge in [-0.1, -0.05) is 36.9 Å². The number of hydrogen-bond acceptors (Lipinski definition) is 4. The zero-order valence-corrected chi connectivity index (χ0v) is 18.5. The van der Waals surface area contributed by atoms with Crippen LogP contribution in [0.25, 0.3) is 27.6 Å². The Morgan fingerprint density at radius 2 is 1.97 bits per heavy atom. The molecule has 1 saturated heterocycles. The fraction of sp³-hybridized carbons (Fsp3) is 0.192. The Kier molecular flexibility index (Phi) is 6.31. The van der Waals surface area contributed by atoms with Crippen LogP contribution >= 0.6 is 0 Å². The molecule has 1 N–H and O–H groups in total. The maximum Gasteiger partial charge on any atom is 0.226 e. The van der Waals surface area contributed by atoms with Gasteiger partial charge in [0.15, 0.2) is 5.82 Å². The van der Waals surface area contributed by atoms with E-state index in [-0.39, 0.29) is 11.8 Å². The number of hydrogen-bond donors (Lipinski definition) is 1. The number of aromatic nitrogens is 2. The minimum absolute atomic E-state index is 0.0151. The summed E-state index contributed by atoms with van der Waals surface area (Å²) in [6.45, 7) is 6.82. The molecule has 0 unspecified atom stereocenters. The van der Waals surface area contributed by atoms with Crippen molar-refractivity contribution in [2.45, 2.75) is 6.92 Å².